The van der Waals surface area contributed by atoms with Gasteiger partial charge in [-0.15, -0.1) is 0 Å². The van der Waals surface area contributed by atoms with Crippen LogP contribution in [0.4, 0.5) is 0 Å². The van der Waals surface area contributed by atoms with Gasteiger partial charge >= 0.3 is 0 Å². The van der Waals surface area contributed by atoms with Gasteiger partial charge in [-0.25, -0.2) is 0 Å². The molecule has 1 unspecified atom stereocenters. The van der Waals surface area contributed by atoms with Gasteiger partial charge in [0.25, 0.3) is 0 Å². The lowest BCUT2D eigenvalue weighted by Crippen LogP contribution is -2.46. The third kappa shape index (κ3) is 1.48. The lowest BCUT2D eigenvalue weighted by Gasteiger charge is -2.22. The van der Waals surface area contributed by atoms with Crippen LogP contribution in [0.25, 0.3) is 0 Å². The first-order valence-corrected chi connectivity index (χ1v) is 3.62. The number of carbonyl (C=O) groups is 1. The van der Waals surface area contributed by atoms with Gasteiger partial charge in [0.05, 0.1) is 5.54 Å². The maximum Gasteiger partial charge on any atom is 0.220 e. The van der Waals surface area contributed by atoms with Crippen LogP contribution in [0.15, 0.2) is 0 Å². The van der Waals surface area contributed by atoms with Crippen molar-refractivity contribution in [2.45, 2.75) is 25.3 Å². The molecule has 1 aliphatic heterocycles. The molecule has 58 valence electrons. The number of hydrogen-bond donors (Lipinski definition) is 2. The molecule has 0 spiro atoms. The highest BCUT2D eigenvalue weighted by Crippen LogP contribution is 2.17. The van der Waals surface area contributed by atoms with Crippen LogP contribution in [0.2, 0.25) is 0 Å². The molecule has 1 rings (SSSR count). The maximum atomic E-state index is 10.8. The van der Waals surface area contributed by atoms with E-state index < -0.39 is 0 Å². The van der Waals surface area contributed by atoms with Crippen molar-refractivity contribution >= 4 is 5.91 Å². The Labute approximate surface area is 61.2 Å². The van der Waals surface area contributed by atoms with Gasteiger partial charge in [0.1, 0.15) is 0 Å². The second-order valence-corrected chi connectivity index (χ2v) is 3.14. The molecule has 10 heavy (non-hydrogen) atoms. The van der Waals surface area contributed by atoms with Gasteiger partial charge in [0.2, 0.25) is 5.91 Å². The Kier molecular flexibility index (Phi) is 1.94. The highest BCUT2D eigenvalue weighted by Gasteiger charge is 2.31. The molecule has 0 aliphatic carbocycles. The molecular weight excluding hydrogens is 128 g/mol. The zero-order chi connectivity index (χ0) is 7.61. The molecule has 1 heterocycles. The number of rotatable bonds is 2. The molecule has 0 bridgehead atoms. The fourth-order valence-electron chi connectivity index (χ4n) is 1.37. The molecule has 3 nitrogen and oxygen atoms in total. The van der Waals surface area contributed by atoms with E-state index in [0.717, 1.165) is 13.0 Å². The Morgan fingerprint density at radius 3 is 2.90 bits per heavy atom. The van der Waals surface area contributed by atoms with Crippen LogP contribution in [0.1, 0.15) is 19.8 Å². The van der Waals surface area contributed by atoms with Crippen LogP contribution in [0.3, 0.4) is 0 Å². The first-order valence-electron chi connectivity index (χ1n) is 3.62. The SMILES string of the molecule is CNCC1(C)CCC(=O)N1. The predicted molar refractivity (Wildman–Crippen MR) is 39.7 cm³/mol. The summed E-state index contributed by atoms with van der Waals surface area (Å²) < 4.78 is 0. The quantitative estimate of drug-likeness (QED) is 0.564. The minimum absolute atomic E-state index is 0.00579. The molecule has 0 aromatic carbocycles. The molecule has 1 amide bonds. The lowest BCUT2D eigenvalue weighted by molar-refractivity contribution is -0.119. The Morgan fingerprint density at radius 1 is 1.80 bits per heavy atom. The van der Waals surface area contributed by atoms with Crippen molar-refractivity contribution in [2.75, 3.05) is 13.6 Å². The summed E-state index contributed by atoms with van der Waals surface area (Å²) >= 11 is 0. The van der Waals surface area contributed by atoms with E-state index >= 15 is 0 Å². The molecule has 1 saturated heterocycles. The van der Waals surface area contributed by atoms with Crippen LogP contribution in [-0.4, -0.2) is 25.0 Å². The van der Waals surface area contributed by atoms with Crippen LogP contribution in [-0.2, 0) is 4.79 Å². The number of nitrogens with one attached hydrogen (secondary N) is 2. The van der Waals surface area contributed by atoms with Crippen LogP contribution in [0.5, 0.6) is 0 Å². The molecule has 3 heteroatoms. The third-order valence-corrected chi connectivity index (χ3v) is 1.91. The molecule has 0 aromatic rings. The van der Waals surface area contributed by atoms with E-state index in [-0.39, 0.29) is 11.4 Å². The number of likely N-dealkylation sites (N-methyl/N-ethyl adjacent to an activating group) is 1. The predicted octanol–water partition coefficient (Wildman–Crippen LogP) is -0.126. The topological polar surface area (TPSA) is 41.1 Å². The van der Waals surface area contributed by atoms with Crippen molar-refractivity contribution in [3.8, 4) is 0 Å². The largest absolute Gasteiger partial charge is 0.350 e. The number of amides is 1. The molecule has 1 fully saturated rings. The standard InChI is InChI=1S/C7H14N2O/c1-7(5-8-2)4-3-6(10)9-7/h8H,3-5H2,1-2H3,(H,9,10). The monoisotopic (exact) mass is 142 g/mol. The smallest absolute Gasteiger partial charge is 0.220 e. The first-order chi connectivity index (χ1) is 4.66. The Morgan fingerprint density at radius 2 is 2.50 bits per heavy atom. The van der Waals surface area contributed by atoms with Crippen molar-refractivity contribution < 1.29 is 4.79 Å². The van der Waals surface area contributed by atoms with Gasteiger partial charge < -0.3 is 10.6 Å². The summed E-state index contributed by atoms with van der Waals surface area (Å²) in [6, 6.07) is 0. The van der Waals surface area contributed by atoms with Crippen molar-refractivity contribution in [1.29, 1.82) is 0 Å². The molecule has 0 saturated carbocycles. The zero-order valence-corrected chi connectivity index (χ0v) is 6.53. The van der Waals surface area contributed by atoms with Crippen LogP contribution < -0.4 is 10.6 Å². The molecule has 1 atom stereocenters. The molecule has 1 aliphatic rings. The Bertz CT molecular complexity index is 147. The normalized spacial score (nSPS) is 32.4. The second-order valence-electron chi connectivity index (χ2n) is 3.14. The highest BCUT2D eigenvalue weighted by molar-refractivity contribution is 5.79. The van der Waals surface area contributed by atoms with Crippen molar-refractivity contribution in [3.63, 3.8) is 0 Å². The summed E-state index contributed by atoms with van der Waals surface area (Å²) in [7, 11) is 1.90. The fraction of sp³-hybridized carbons (Fsp3) is 0.857. The van der Waals surface area contributed by atoms with Gasteiger partial charge in [0.15, 0.2) is 0 Å². The summed E-state index contributed by atoms with van der Waals surface area (Å²) in [5.41, 5.74) is 0.00579. The summed E-state index contributed by atoms with van der Waals surface area (Å²) in [6.45, 7) is 2.92. The van der Waals surface area contributed by atoms with Crippen molar-refractivity contribution in [3.05, 3.63) is 0 Å². The zero-order valence-electron chi connectivity index (χ0n) is 6.53. The van der Waals surface area contributed by atoms with E-state index in [9.17, 15) is 4.79 Å². The van der Waals surface area contributed by atoms with Gasteiger partial charge in [-0.3, -0.25) is 4.79 Å². The van der Waals surface area contributed by atoms with Crippen LogP contribution in [0, 0.1) is 0 Å². The first kappa shape index (κ1) is 7.54. The molecule has 0 radical (unpaired) electrons. The van der Waals surface area contributed by atoms with E-state index in [1.165, 1.54) is 0 Å². The van der Waals surface area contributed by atoms with Crippen molar-refractivity contribution in [1.82, 2.24) is 10.6 Å². The molecular formula is C7H14N2O. The maximum absolute atomic E-state index is 10.8. The molecule has 0 aromatic heterocycles. The van der Waals surface area contributed by atoms with Gasteiger partial charge in [-0.1, -0.05) is 0 Å². The summed E-state index contributed by atoms with van der Waals surface area (Å²) in [5, 5.41) is 5.99. The van der Waals surface area contributed by atoms with Crippen molar-refractivity contribution in [2.24, 2.45) is 0 Å². The highest BCUT2D eigenvalue weighted by atomic mass is 16.2. The summed E-state index contributed by atoms with van der Waals surface area (Å²) in [6.07, 6.45) is 1.63. The Balaban J connectivity index is 2.46. The Hall–Kier alpha value is -0.570. The summed E-state index contributed by atoms with van der Waals surface area (Å²) in [4.78, 5) is 10.8. The lowest BCUT2D eigenvalue weighted by atomic mass is 10.0. The van der Waals surface area contributed by atoms with Gasteiger partial charge in [-0.2, -0.15) is 0 Å². The van der Waals surface area contributed by atoms with Gasteiger partial charge in [-0.05, 0) is 20.4 Å². The number of carbonyl (C=O) groups excluding carboxylic acids is 1. The molecule has 2 N–H and O–H groups in total. The van der Waals surface area contributed by atoms with Crippen LogP contribution >= 0.6 is 0 Å². The third-order valence-electron chi connectivity index (χ3n) is 1.91. The van der Waals surface area contributed by atoms with E-state index in [1.54, 1.807) is 0 Å². The fourth-order valence-corrected chi connectivity index (χ4v) is 1.37. The van der Waals surface area contributed by atoms with E-state index in [4.69, 9.17) is 0 Å². The number of hydrogen-bond acceptors (Lipinski definition) is 2. The van der Waals surface area contributed by atoms with Gasteiger partial charge in [0, 0.05) is 13.0 Å². The average Bonchev–Trinajstić information content (AvgIpc) is 2.12. The average molecular weight is 142 g/mol. The minimum Gasteiger partial charge on any atom is -0.350 e. The minimum atomic E-state index is 0.00579. The van der Waals surface area contributed by atoms with E-state index in [2.05, 4.69) is 17.6 Å². The summed E-state index contributed by atoms with van der Waals surface area (Å²) in [5.74, 6) is 0.178. The van der Waals surface area contributed by atoms with E-state index in [0.29, 0.717) is 6.42 Å². The second kappa shape index (κ2) is 2.58. The van der Waals surface area contributed by atoms with E-state index in [1.807, 2.05) is 7.05 Å².